The van der Waals surface area contributed by atoms with Crippen LogP contribution in [0.3, 0.4) is 0 Å². The lowest BCUT2D eigenvalue weighted by molar-refractivity contribution is -0.117. The molecular formula is C22H21BrN4O3. The third-order valence-electron chi connectivity index (χ3n) is 4.99. The SMILES string of the molecule is N#C/C(=C/c1cc(Br)c(N2CCOCC2)o1)C(=O)NCCc1c[nH]c2ccccc12. The average Bonchev–Trinajstić information content (AvgIpc) is 3.36. The van der Waals surface area contributed by atoms with Crippen LogP contribution in [0.4, 0.5) is 5.88 Å². The number of morpholine rings is 1. The van der Waals surface area contributed by atoms with Crippen molar-refractivity contribution < 1.29 is 13.9 Å². The number of aromatic amines is 1. The highest BCUT2D eigenvalue weighted by Gasteiger charge is 2.19. The van der Waals surface area contributed by atoms with Crippen molar-refractivity contribution in [1.82, 2.24) is 10.3 Å². The van der Waals surface area contributed by atoms with Crippen molar-refractivity contribution in [3.05, 3.63) is 57.9 Å². The number of carbonyl (C=O) groups excluding carboxylic acids is 1. The van der Waals surface area contributed by atoms with E-state index in [0.717, 1.165) is 34.0 Å². The van der Waals surface area contributed by atoms with Crippen molar-refractivity contribution in [1.29, 1.82) is 5.26 Å². The van der Waals surface area contributed by atoms with Crippen LogP contribution in [0.5, 0.6) is 0 Å². The number of ether oxygens (including phenoxy) is 1. The standard InChI is InChI=1S/C22H21BrN4O3/c23-19-12-17(30-22(19)27-7-9-29-10-8-27)11-16(13-24)21(28)25-6-5-15-14-26-20-4-2-1-3-18(15)20/h1-4,11-12,14,26H,5-10H2,(H,25,28)/b16-11-. The summed E-state index contributed by atoms with van der Waals surface area (Å²) in [5, 5.41) is 13.4. The largest absolute Gasteiger partial charge is 0.440 e. The zero-order chi connectivity index (χ0) is 20.9. The molecule has 0 bridgehead atoms. The summed E-state index contributed by atoms with van der Waals surface area (Å²) in [6.07, 6.45) is 4.09. The number of amides is 1. The lowest BCUT2D eigenvalue weighted by Gasteiger charge is -2.26. The number of carbonyl (C=O) groups is 1. The molecule has 4 rings (SSSR count). The predicted octanol–water partition coefficient (Wildman–Crippen LogP) is 3.63. The van der Waals surface area contributed by atoms with E-state index in [4.69, 9.17) is 9.15 Å². The average molecular weight is 469 g/mol. The fourth-order valence-corrected chi connectivity index (χ4v) is 4.02. The fraction of sp³-hybridized carbons (Fsp3) is 0.273. The van der Waals surface area contributed by atoms with Gasteiger partial charge in [0.15, 0.2) is 0 Å². The topological polar surface area (TPSA) is 94.3 Å². The number of halogens is 1. The molecule has 1 aliphatic rings. The van der Waals surface area contributed by atoms with Gasteiger partial charge in [-0.3, -0.25) is 4.79 Å². The minimum absolute atomic E-state index is 0.00343. The summed E-state index contributed by atoms with van der Waals surface area (Å²) in [6.45, 7) is 3.17. The van der Waals surface area contributed by atoms with Crippen LogP contribution in [0.1, 0.15) is 11.3 Å². The molecule has 1 saturated heterocycles. The van der Waals surface area contributed by atoms with Gasteiger partial charge < -0.3 is 24.4 Å². The first-order valence-electron chi connectivity index (χ1n) is 9.72. The second kappa shape index (κ2) is 9.20. The van der Waals surface area contributed by atoms with E-state index < -0.39 is 5.91 Å². The Balaban J connectivity index is 1.40. The van der Waals surface area contributed by atoms with Gasteiger partial charge in [0, 0.05) is 48.9 Å². The van der Waals surface area contributed by atoms with Gasteiger partial charge in [0.05, 0.1) is 17.7 Å². The molecular weight excluding hydrogens is 448 g/mol. The number of hydrogen-bond donors (Lipinski definition) is 2. The molecule has 7 nitrogen and oxygen atoms in total. The summed E-state index contributed by atoms with van der Waals surface area (Å²) >= 11 is 3.49. The number of aromatic nitrogens is 1. The quantitative estimate of drug-likeness (QED) is 0.425. The van der Waals surface area contributed by atoms with Crippen molar-refractivity contribution in [3.63, 3.8) is 0 Å². The summed E-state index contributed by atoms with van der Waals surface area (Å²) in [4.78, 5) is 17.8. The van der Waals surface area contributed by atoms with Crippen molar-refractivity contribution in [3.8, 4) is 6.07 Å². The van der Waals surface area contributed by atoms with Crippen LogP contribution in [0, 0.1) is 11.3 Å². The molecule has 2 aromatic heterocycles. The Morgan fingerprint density at radius 2 is 2.13 bits per heavy atom. The van der Waals surface area contributed by atoms with Crippen molar-refractivity contribution >= 4 is 44.7 Å². The first-order chi connectivity index (χ1) is 14.7. The number of fused-ring (bicyclic) bond motifs is 1. The van der Waals surface area contributed by atoms with Gasteiger partial charge in [-0.15, -0.1) is 0 Å². The number of nitriles is 1. The van der Waals surface area contributed by atoms with E-state index in [1.165, 1.54) is 6.08 Å². The third-order valence-corrected chi connectivity index (χ3v) is 5.56. The van der Waals surface area contributed by atoms with E-state index in [-0.39, 0.29) is 5.57 Å². The Kier molecular flexibility index (Phi) is 6.21. The maximum atomic E-state index is 12.5. The summed E-state index contributed by atoms with van der Waals surface area (Å²) < 4.78 is 12.0. The number of nitrogens with zero attached hydrogens (tertiary/aromatic N) is 2. The highest BCUT2D eigenvalue weighted by molar-refractivity contribution is 9.10. The molecule has 0 spiro atoms. The first-order valence-corrected chi connectivity index (χ1v) is 10.5. The maximum absolute atomic E-state index is 12.5. The van der Waals surface area contributed by atoms with E-state index in [1.807, 2.05) is 36.5 Å². The number of anilines is 1. The van der Waals surface area contributed by atoms with Gasteiger partial charge in [0.2, 0.25) is 5.88 Å². The molecule has 0 unspecified atom stereocenters. The van der Waals surface area contributed by atoms with Crippen LogP contribution in [0.2, 0.25) is 0 Å². The molecule has 30 heavy (non-hydrogen) atoms. The van der Waals surface area contributed by atoms with Gasteiger partial charge in [-0.2, -0.15) is 5.26 Å². The van der Waals surface area contributed by atoms with E-state index in [1.54, 1.807) is 6.07 Å². The molecule has 0 aliphatic carbocycles. The Morgan fingerprint density at radius 1 is 1.33 bits per heavy atom. The van der Waals surface area contributed by atoms with Crippen molar-refractivity contribution in [2.45, 2.75) is 6.42 Å². The van der Waals surface area contributed by atoms with Gasteiger partial charge in [-0.05, 0) is 34.0 Å². The molecule has 1 amide bonds. The Hall–Kier alpha value is -3.02. The summed E-state index contributed by atoms with van der Waals surface area (Å²) in [5.41, 5.74) is 2.19. The minimum Gasteiger partial charge on any atom is -0.440 e. The summed E-state index contributed by atoms with van der Waals surface area (Å²) in [7, 11) is 0. The van der Waals surface area contributed by atoms with Gasteiger partial charge in [-0.1, -0.05) is 18.2 Å². The molecule has 8 heteroatoms. The molecule has 1 aromatic carbocycles. The van der Waals surface area contributed by atoms with E-state index in [0.29, 0.717) is 37.8 Å². The summed E-state index contributed by atoms with van der Waals surface area (Å²) in [6, 6.07) is 11.8. The lowest BCUT2D eigenvalue weighted by Crippen LogP contribution is -2.36. The molecule has 3 heterocycles. The summed E-state index contributed by atoms with van der Waals surface area (Å²) in [5.74, 6) is 0.714. The molecule has 1 fully saturated rings. The van der Waals surface area contributed by atoms with E-state index >= 15 is 0 Å². The van der Waals surface area contributed by atoms with E-state index in [2.05, 4.69) is 31.1 Å². The van der Waals surface area contributed by atoms with Crippen LogP contribution < -0.4 is 10.2 Å². The second-order valence-corrected chi connectivity index (χ2v) is 7.79. The normalized spacial score (nSPS) is 14.7. The van der Waals surface area contributed by atoms with Crippen molar-refractivity contribution in [2.24, 2.45) is 0 Å². The zero-order valence-corrected chi connectivity index (χ0v) is 17.9. The second-order valence-electron chi connectivity index (χ2n) is 6.94. The number of H-pyrrole nitrogens is 1. The number of rotatable bonds is 6. The highest BCUT2D eigenvalue weighted by atomic mass is 79.9. The number of nitrogens with one attached hydrogen (secondary N) is 2. The lowest BCUT2D eigenvalue weighted by atomic mass is 10.1. The number of furan rings is 1. The third kappa shape index (κ3) is 4.42. The Morgan fingerprint density at radius 3 is 2.93 bits per heavy atom. The Labute approximate surface area is 182 Å². The zero-order valence-electron chi connectivity index (χ0n) is 16.3. The highest BCUT2D eigenvalue weighted by Crippen LogP contribution is 2.31. The molecule has 154 valence electrons. The monoisotopic (exact) mass is 468 g/mol. The Bertz CT molecular complexity index is 1120. The minimum atomic E-state index is -0.419. The number of benzene rings is 1. The van der Waals surface area contributed by atoms with Gasteiger partial charge >= 0.3 is 0 Å². The van der Waals surface area contributed by atoms with Gasteiger partial charge in [0.25, 0.3) is 5.91 Å². The van der Waals surface area contributed by atoms with Crippen LogP contribution in [0.25, 0.3) is 17.0 Å². The number of hydrogen-bond acceptors (Lipinski definition) is 5. The fourth-order valence-electron chi connectivity index (χ4n) is 3.46. The predicted molar refractivity (Wildman–Crippen MR) is 118 cm³/mol. The van der Waals surface area contributed by atoms with Crippen LogP contribution in [-0.2, 0) is 16.0 Å². The molecule has 0 atom stereocenters. The molecule has 2 N–H and O–H groups in total. The van der Waals surface area contributed by atoms with Crippen LogP contribution >= 0.6 is 15.9 Å². The molecule has 3 aromatic rings. The molecule has 0 radical (unpaired) electrons. The maximum Gasteiger partial charge on any atom is 0.262 e. The first kappa shape index (κ1) is 20.3. The molecule has 0 saturated carbocycles. The van der Waals surface area contributed by atoms with Gasteiger partial charge in [-0.25, -0.2) is 0 Å². The van der Waals surface area contributed by atoms with Gasteiger partial charge in [0.1, 0.15) is 17.4 Å². The number of para-hydroxylation sites is 1. The smallest absolute Gasteiger partial charge is 0.262 e. The van der Waals surface area contributed by atoms with Crippen molar-refractivity contribution in [2.75, 3.05) is 37.7 Å². The molecule has 1 aliphatic heterocycles. The van der Waals surface area contributed by atoms with E-state index in [9.17, 15) is 10.1 Å². The van der Waals surface area contributed by atoms with Crippen LogP contribution in [0.15, 0.2) is 51.0 Å². The van der Waals surface area contributed by atoms with Crippen LogP contribution in [-0.4, -0.2) is 43.7 Å².